The molecule has 3 rings (SSSR count). The van der Waals surface area contributed by atoms with Gasteiger partial charge in [-0.3, -0.25) is 0 Å². The third kappa shape index (κ3) is 2.02. The standard InChI is InChI=1S/C13H16N4O/c14-13(12-7-4-8-18-12)11-9-15-16-17(11)10-5-2-1-3-6-10/h1-3,5-6,9,12-13H,4,7-8,14H2. The predicted octanol–water partition coefficient (Wildman–Crippen LogP) is 1.45. The monoisotopic (exact) mass is 244 g/mol. The van der Waals surface area contributed by atoms with E-state index in [2.05, 4.69) is 10.3 Å². The van der Waals surface area contributed by atoms with Crippen LogP contribution in [0.25, 0.3) is 5.69 Å². The van der Waals surface area contributed by atoms with Gasteiger partial charge < -0.3 is 10.5 Å². The van der Waals surface area contributed by atoms with Gasteiger partial charge in [-0.25, -0.2) is 4.68 Å². The fourth-order valence-electron chi connectivity index (χ4n) is 2.32. The lowest BCUT2D eigenvalue weighted by Gasteiger charge is -2.18. The fourth-order valence-corrected chi connectivity index (χ4v) is 2.32. The minimum absolute atomic E-state index is 0.0750. The Bertz CT molecular complexity index is 505. The van der Waals surface area contributed by atoms with E-state index in [-0.39, 0.29) is 12.1 Å². The molecule has 2 N–H and O–H groups in total. The maximum absolute atomic E-state index is 6.26. The molecule has 2 atom stereocenters. The van der Waals surface area contributed by atoms with Crippen LogP contribution in [-0.2, 0) is 4.74 Å². The zero-order valence-corrected chi connectivity index (χ0v) is 10.1. The second kappa shape index (κ2) is 4.88. The van der Waals surface area contributed by atoms with Gasteiger partial charge in [0.05, 0.1) is 29.7 Å². The first-order valence-corrected chi connectivity index (χ1v) is 6.19. The molecule has 1 fully saturated rings. The Balaban J connectivity index is 1.91. The minimum atomic E-state index is -0.178. The number of benzene rings is 1. The molecule has 1 aliphatic heterocycles. The van der Waals surface area contributed by atoms with Gasteiger partial charge in [0.2, 0.25) is 0 Å². The Morgan fingerprint density at radius 1 is 1.33 bits per heavy atom. The average Bonchev–Trinajstić information content (AvgIpc) is 3.10. The molecule has 0 radical (unpaired) electrons. The summed E-state index contributed by atoms with van der Waals surface area (Å²) in [6, 6.07) is 9.71. The SMILES string of the molecule is NC(c1cnnn1-c1ccccc1)C1CCCO1. The molecule has 1 aliphatic rings. The van der Waals surface area contributed by atoms with Crippen LogP contribution in [0.15, 0.2) is 36.5 Å². The van der Waals surface area contributed by atoms with Gasteiger partial charge >= 0.3 is 0 Å². The largest absolute Gasteiger partial charge is 0.376 e. The molecule has 5 heteroatoms. The summed E-state index contributed by atoms with van der Waals surface area (Å²) in [4.78, 5) is 0. The smallest absolute Gasteiger partial charge is 0.0839 e. The molecule has 0 aliphatic carbocycles. The van der Waals surface area contributed by atoms with Crippen LogP contribution in [0.1, 0.15) is 24.6 Å². The van der Waals surface area contributed by atoms with Crippen LogP contribution in [0.3, 0.4) is 0 Å². The normalized spacial score (nSPS) is 21.1. The van der Waals surface area contributed by atoms with Gasteiger partial charge in [0.15, 0.2) is 0 Å². The highest BCUT2D eigenvalue weighted by Gasteiger charge is 2.27. The highest BCUT2D eigenvalue weighted by molar-refractivity contribution is 5.32. The summed E-state index contributed by atoms with van der Waals surface area (Å²) in [7, 11) is 0. The summed E-state index contributed by atoms with van der Waals surface area (Å²) < 4.78 is 7.42. The topological polar surface area (TPSA) is 66.0 Å². The average molecular weight is 244 g/mol. The highest BCUT2D eigenvalue weighted by Crippen LogP contribution is 2.25. The quantitative estimate of drug-likeness (QED) is 0.887. The summed E-state index contributed by atoms with van der Waals surface area (Å²) >= 11 is 0. The molecule has 0 bridgehead atoms. The molecule has 94 valence electrons. The van der Waals surface area contributed by atoms with Crippen LogP contribution in [0.5, 0.6) is 0 Å². The first kappa shape index (κ1) is 11.4. The number of ether oxygens (including phenoxy) is 1. The van der Waals surface area contributed by atoms with E-state index in [1.807, 2.05) is 30.3 Å². The predicted molar refractivity (Wildman–Crippen MR) is 67.3 cm³/mol. The van der Waals surface area contributed by atoms with Crippen molar-refractivity contribution in [3.05, 3.63) is 42.2 Å². The number of hydrogen-bond acceptors (Lipinski definition) is 4. The van der Waals surface area contributed by atoms with Gasteiger partial charge in [0.25, 0.3) is 0 Å². The maximum Gasteiger partial charge on any atom is 0.0839 e. The van der Waals surface area contributed by atoms with E-state index in [9.17, 15) is 0 Å². The van der Waals surface area contributed by atoms with Gasteiger partial charge in [-0.1, -0.05) is 23.4 Å². The molecule has 2 aromatic rings. The van der Waals surface area contributed by atoms with Crippen LogP contribution < -0.4 is 5.73 Å². The molecule has 2 heterocycles. The lowest BCUT2D eigenvalue weighted by Crippen LogP contribution is -2.27. The molecule has 1 aromatic heterocycles. The molecule has 2 unspecified atom stereocenters. The lowest BCUT2D eigenvalue weighted by atomic mass is 10.1. The fraction of sp³-hybridized carbons (Fsp3) is 0.385. The summed E-state index contributed by atoms with van der Waals surface area (Å²) in [5, 5.41) is 8.08. The number of nitrogens with zero attached hydrogens (tertiary/aromatic N) is 3. The van der Waals surface area contributed by atoms with E-state index in [1.165, 1.54) is 0 Å². The zero-order valence-electron chi connectivity index (χ0n) is 10.1. The second-order valence-electron chi connectivity index (χ2n) is 4.48. The second-order valence-corrected chi connectivity index (χ2v) is 4.48. The van der Waals surface area contributed by atoms with Gasteiger partial charge in [-0.05, 0) is 25.0 Å². The van der Waals surface area contributed by atoms with E-state index >= 15 is 0 Å². The van der Waals surface area contributed by atoms with Crippen LogP contribution >= 0.6 is 0 Å². The molecule has 0 spiro atoms. The van der Waals surface area contributed by atoms with E-state index < -0.39 is 0 Å². The Morgan fingerprint density at radius 2 is 2.17 bits per heavy atom. The number of nitrogens with two attached hydrogens (primary N) is 1. The number of aromatic nitrogens is 3. The van der Waals surface area contributed by atoms with Crippen LogP contribution in [0.2, 0.25) is 0 Å². The summed E-state index contributed by atoms with van der Waals surface area (Å²) in [5.74, 6) is 0. The van der Waals surface area contributed by atoms with Gasteiger partial charge in [-0.2, -0.15) is 0 Å². The van der Waals surface area contributed by atoms with Crippen LogP contribution in [-0.4, -0.2) is 27.7 Å². The lowest BCUT2D eigenvalue weighted by molar-refractivity contribution is 0.0882. The third-order valence-electron chi connectivity index (χ3n) is 3.28. The van der Waals surface area contributed by atoms with Crippen molar-refractivity contribution in [1.82, 2.24) is 15.0 Å². The van der Waals surface area contributed by atoms with Crippen molar-refractivity contribution < 1.29 is 4.74 Å². The van der Waals surface area contributed by atoms with E-state index in [0.717, 1.165) is 30.8 Å². The Kier molecular flexibility index (Phi) is 3.08. The molecular weight excluding hydrogens is 228 g/mol. The Hall–Kier alpha value is -1.72. The van der Waals surface area contributed by atoms with Crippen molar-refractivity contribution in [2.75, 3.05) is 6.61 Å². The zero-order chi connectivity index (χ0) is 12.4. The first-order chi connectivity index (χ1) is 8.86. The van der Waals surface area contributed by atoms with E-state index in [1.54, 1.807) is 10.9 Å². The maximum atomic E-state index is 6.26. The van der Waals surface area contributed by atoms with Crippen molar-refractivity contribution in [2.45, 2.75) is 25.0 Å². The summed E-state index contributed by atoms with van der Waals surface area (Å²) in [6.07, 6.45) is 3.87. The highest BCUT2D eigenvalue weighted by atomic mass is 16.5. The van der Waals surface area contributed by atoms with Crippen molar-refractivity contribution in [3.8, 4) is 5.69 Å². The first-order valence-electron chi connectivity index (χ1n) is 6.19. The van der Waals surface area contributed by atoms with Crippen molar-refractivity contribution in [3.63, 3.8) is 0 Å². The third-order valence-corrected chi connectivity index (χ3v) is 3.28. The van der Waals surface area contributed by atoms with Gasteiger partial charge in [0.1, 0.15) is 0 Å². The summed E-state index contributed by atoms with van der Waals surface area (Å²) in [5.41, 5.74) is 8.12. The van der Waals surface area contributed by atoms with Gasteiger partial charge in [0, 0.05) is 6.61 Å². The Labute approximate surface area is 106 Å². The number of rotatable bonds is 3. The van der Waals surface area contributed by atoms with E-state index in [4.69, 9.17) is 10.5 Å². The number of para-hydroxylation sites is 1. The summed E-state index contributed by atoms with van der Waals surface area (Å²) in [6.45, 7) is 0.797. The van der Waals surface area contributed by atoms with Crippen molar-refractivity contribution >= 4 is 0 Å². The van der Waals surface area contributed by atoms with Crippen molar-refractivity contribution in [2.24, 2.45) is 5.73 Å². The molecule has 1 aromatic carbocycles. The van der Waals surface area contributed by atoms with Crippen LogP contribution in [0.4, 0.5) is 0 Å². The van der Waals surface area contributed by atoms with E-state index in [0.29, 0.717) is 0 Å². The Morgan fingerprint density at radius 3 is 2.89 bits per heavy atom. The molecule has 0 saturated carbocycles. The molecule has 18 heavy (non-hydrogen) atoms. The molecular formula is C13H16N4O. The molecule has 1 saturated heterocycles. The molecule has 5 nitrogen and oxygen atoms in total. The minimum Gasteiger partial charge on any atom is -0.376 e. The van der Waals surface area contributed by atoms with Crippen LogP contribution in [0, 0.1) is 0 Å². The molecule has 0 amide bonds. The van der Waals surface area contributed by atoms with Gasteiger partial charge in [-0.15, -0.1) is 5.10 Å². The van der Waals surface area contributed by atoms with Crippen molar-refractivity contribution in [1.29, 1.82) is 0 Å². The number of hydrogen-bond donors (Lipinski definition) is 1.